The zero-order valence-corrected chi connectivity index (χ0v) is 11.6. The van der Waals surface area contributed by atoms with Crippen LogP contribution < -0.4 is 11.1 Å². The molecule has 1 heterocycles. The third-order valence-corrected chi connectivity index (χ3v) is 4.54. The van der Waals surface area contributed by atoms with Gasteiger partial charge in [0, 0.05) is 19.5 Å². The van der Waals surface area contributed by atoms with E-state index < -0.39 is 27.8 Å². The molecule has 0 bridgehead atoms. The Morgan fingerprint density at radius 3 is 2.60 bits per heavy atom. The highest BCUT2D eigenvalue weighted by Gasteiger charge is 2.32. The molecule has 1 saturated heterocycles. The maximum Gasteiger partial charge on any atom is 0.322 e. The zero-order chi connectivity index (χ0) is 15.3. The SMILES string of the molecule is NC(=O)CCS(=O)(=O)CCN1CC(=O)NCC1C(=O)O. The van der Waals surface area contributed by atoms with E-state index in [1.165, 1.54) is 4.90 Å². The minimum absolute atomic E-state index is 0.0600. The lowest BCUT2D eigenvalue weighted by atomic mass is 10.2. The summed E-state index contributed by atoms with van der Waals surface area (Å²) in [7, 11) is -3.51. The van der Waals surface area contributed by atoms with Gasteiger partial charge in [-0.2, -0.15) is 0 Å². The second-order valence-electron chi connectivity index (χ2n) is 4.50. The minimum Gasteiger partial charge on any atom is -0.480 e. The first-order valence-electron chi connectivity index (χ1n) is 5.93. The van der Waals surface area contributed by atoms with Crippen LogP contribution in [0.3, 0.4) is 0 Å². The maximum absolute atomic E-state index is 11.7. The van der Waals surface area contributed by atoms with E-state index in [2.05, 4.69) is 5.32 Å². The van der Waals surface area contributed by atoms with Crippen LogP contribution in [0.15, 0.2) is 0 Å². The lowest BCUT2D eigenvalue weighted by Crippen LogP contribution is -2.58. The molecule has 114 valence electrons. The van der Waals surface area contributed by atoms with Gasteiger partial charge in [0.15, 0.2) is 9.84 Å². The Morgan fingerprint density at radius 1 is 1.40 bits per heavy atom. The molecule has 0 aromatic heterocycles. The van der Waals surface area contributed by atoms with Crippen LogP contribution in [0, 0.1) is 0 Å². The molecule has 2 amide bonds. The largest absolute Gasteiger partial charge is 0.480 e. The molecule has 0 radical (unpaired) electrons. The van der Waals surface area contributed by atoms with Crippen LogP contribution >= 0.6 is 0 Å². The molecule has 0 aromatic rings. The molecule has 20 heavy (non-hydrogen) atoms. The Balaban J connectivity index is 2.58. The Labute approximate surface area is 116 Å². The van der Waals surface area contributed by atoms with Crippen molar-refractivity contribution in [3.8, 4) is 0 Å². The zero-order valence-electron chi connectivity index (χ0n) is 10.7. The first-order chi connectivity index (χ1) is 9.21. The van der Waals surface area contributed by atoms with E-state index >= 15 is 0 Å². The molecule has 0 aromatic carbocycles. The van der Waals surface area contributed by atoms with Crippen molar-refractivity contribution in [2.75, 3.05) is 31.1 Å². The lowest BCUT2D eigenvalue weighted by Gasteiger charge is -2.32. The van der Waals surface area contributed by atoms with Crippen molar-refractivity contribution in [3.63, 3.8) is 0 Å². The number of rotatable bonds is 7. The number of carboxylic acids is 1. The number of nitrogens with zero attached hydrogens (tertiary/aromatic N) is 1. The Hall–Kier alpha value is -1.68. The highest BCUT2D eigenvalue weighted by Crippen LogP contribution is 2.06. The molecule has 0 spiro atoms. The second kappa shape index (κ2) is 6.66. The Bertz CT molecular complexity index is 503. The maximum atomic E-state index is 11.7. The molecule has 4 N–H and O–H groups in total. The standard InChI is InChI=1S/C10H17N3O6S/c11-8(14)1-3-20(18,19)4-2-13-6-9(15)12-5-7(13)10(16)17/h7H,1-6H2,(H2,11,14)(H,12,15)(H,16,17). The van der Waals surface area contributed by atoms with Gasteiger partial charge in [0.2, 0.25) is 11.8 Å². The topological polar surface area (TPSA) is 147 Å². The first-order valence-corrected chi connectivity index (χ1v) is 7.75. The van der Waals surface area contributed by atoms with Crippen molar-refractivity contribution in [3.05, 3.63) is 0 Å². The Kier molecular flexibility index (Phi) is 5.45. The van der Waals surface area contributed by atoms with E-state index in [4.69, 9.17) is 10.8 Å². The van der Waals surface area contributed by atoms with E-state index in [0.29, 0.717) is 0 Å². The van der Waals surface area contributed by atoms with Gasteiger partial charge in [-0.1, -0.05) is 0 Å². The molecule has 9 nitrogen and oxygen atoms in total. The number of carbonyl (C=O) groups is 3. The van der Waals surface area contributed by atoms with Gasteiger partial charge in [0.05, 0.1) is 18.1 Å². The predicted octanol–water partition coefficient (Wildman–Crippen LogP) is -2.84. The van der Waals surface area contributed by atoms with Crippen molar-refractivity contribution < 1.29 is 27.9 Å². The van der Waals surface area contributed by atoms with E-state index in [-0.39, 0.29) is 43.5 Å². The van der Waals surface area contributed by atoms with Crippen LogP contribution in [0.5, 0.6) is 0 Å². The summed E-state index contributed by atoms with van der Waals surface area (Å²) in [6.07, 6.45) is -0.273. The number of sulfone groups is 1. The molecule has 1 aliphatic heterocycles. The van der Waals surface area contributed by atoms with Crippen molar-refractivity contribution in [2.45, 2.75) is 12.5 Å². The lowest BCUT2D eigenvalue weighted by molar-refractivity contribution is -0.145. The van der Waals surface area contributed by atoms with E-state index in [0.717, 1.165) is 0 Å². The average molecular weight is 307 g/mol. The van der Waals surface area contributed by atoms with Gasteiger partial charge in [-0.05, 0) is 0 Å². The molecular formula is C10H17N3O6S. The molecule has 0 saturated carbocycles. The molecule has 0 aliphatic carbocycles. The van der Waals surface area contributed by atoms with Gasteiger partial charge in [-0.15, -0.1) is 0 Å². The summed E-state index contributed by atoms with van der Waals surface area (Å²) >= 11 is 0. The summed E-state index contributed by atoms with van der Waals surface area (Å²) < 4.78 is 23.3. The summed E-state index contributed by atoms with van der Waals surface area (Å²) in [5, 5.41) is 11.4. The number of carbonyl (C=O) groups excluding carboxylic acids is 2. The molecule has 1 rings (SSSR count). The van der Waals surface area contributed by atoms with Gasteiger partial charge in [0.25, 0.3) is 0 Å². The quantitative estimate of drug-likeness (QED) is 0.459. The van der Waals surface area contributed by atoms with Crippen LogP contribution in [0.2, 0.25) is 0 Å². The second-order valence-corrected chi connectivity index (χ2v) is 6.80. The number of amides is 2. The summed E-state index contributed by atoms with van der Waals surface area (Å²) in [5.41, 5.74) is 4.87. The number of hydrogen-bond acceptors (Lipinski definition) is 6. The molecule has 1 aliphatic rings. The third-order valence-electron chi connectivity index (χ3n) is 2.91. The van der Waals surface area contributed by atoms with Crippen LogP contribution in [-0.2, 0) is 24.2 Å². The van der Waals surface area contributed by atoms with Gasteiger partial charge in [0.1, 0.15) is 6.04 Å². The monoisotopic (exact) mass is 307 g/mol. The first kappa shape index (κ1) is 16.4. The number of carboxylic acid groups (broad SMARTS) is 1. The van der Waals surface area contributed by atoms with Crippen LogP contribution in [0.4, 0.5) is 0 Å². The fourth-order valence-corrected chi connectivity index (χ4v) is 3.01. The van der Waals surface area contributed by atoms with E-state index in [1.54, 1.807) is 0 Å². The normalized spacial score (nSPS) is 20.4. The smallest absolute Gasteiger partial charge is 0.322 e. The van der Waals surface area contributed by atoms with Crippen molar-refractivity contribution in [1.82, 2.24) is 10.2 Å². The van der Waals surface area contributed by atoms with Gasteiger partial charge >= 0.3 is 5.97 Å². The minimum atomic E-state index is -3.51. The summed E-state index contributed by atoms with van der Waals surface area (Å²) in [4.78, 5) is 34.1. The summed E-state index contributed by atoms with van der Waals surface area (Å²) in [5.74, 6) is -2.89. The number of nitrogens with one attached hydrogen (secondary N) is 1. The number of nitrogens with two attached hydrogens (primary N) is 1. The molecule has 1 unspecified atom stereocenters. The van der Waals surface area contributed by atoms with Gasteiger partial charge in [-0.25, -0.2) is 8.42 Å². The number of piperazine rings is 1. The van der Waals surface area contributed by atoms with Crippen molar-refractivity contribution >= 4 is 27.6 Å². The highest BCUT2D eigenvalue weighted by molar-refractivity contribution is 7.91. The third kappa shape index (κ3) is 5.13. The molecule has 1 fully saturated rings. The number of primary amides is 1. The predicted molar refractivity (Wildman–Crippen MR) is 68.5 cm³/mol. The number of aliphatic carboxylic acids is 1. The fourth-order valence-electron chi connectivity index (χ4n) is 1.78. The van der Waals surface area contributed by atoms with E-state index in [9.17, 15) is 22.8 Å². The van der Waals surface area contributed by atoms with Crippen molar-refractivity contribution in [1.29, 1.82) is 0 Å². The van der Waals surface area contributed by atoms with Gasteiger partial charge in [-0.3, -0.25) is 19.3 Å². The van der Waals surface area contributed by atoms with Gasteiger partial charge < -0.3 is 16.2 Å². The van der Waals surface area contributed by atoms with Crippen LogP contribution in [-0.4, -0.2) is 73.4 Å². The van der Waals surface area contributed by atoms with Crippen LogP contribution in [0.1, 0.15) is 6.42 Å². The molecule has 1 atom stereocenters. The summed E-state index contributed by atoms with van der Waals surface area (Å²) in [6.45, 7) is -0.302. The van der Waals surface area contributed by atoms with Crippen LogP contribution in [0.25, 0.3) is 0 Å². The van der Waals surface area contributed by atoms with E-state index in [1.807, 2.05) is 0 Å². The molecular weight excluding hydrogens is 290 g/mol. The van der Waals surface area contributed by atoms with Crippen molar-refractivity contribution in [2.24, 2.45) is 5.73 Å². The highest BCUT2D eigenvalue weighted by atomic mass is 32.2. The Morgan fingerprint density at radius 2 is 2.05 bits per heavy atom. The fraction of sp³-hybridized carbons (Fsp3) is 0.700. The molecule has 10 heteroatoms. The summed E-state index contributed by atoms with van der Waals surface area (Å²) in [6, 6.07) is -0.945. The average Bonchev–Trinajstić information content (AvgIpc) is 2.34. The number of hydrogen-bond donors (Lipinski definition) is 3.